The summed E-state index contributed by atoms with van der Waals surface area (Å²) in [6.45, 7) is 5.75. The quantitative estimate of drug-likeness (QED) is 0.151. The third-order valence-corrected chi connectivity index (χ3v) is 8.04. The number of thiazole rings is 1. The van der Waals surface area contributed by atoms with Gasteiger partial charge in [0.25, 0.3) is 11.2 Å². The second-order valence-electron chi connectivity index (χ2n) is 9.51. The summed E-state index contributed by atoms with van der Waals surface area (Å²) in [5.41, 5.74) is 1.76. The molecule has 1 atom stereocenters. The molecule has 5 rings (SSSR count). The highest BCUT2D eigenvalue weighted by Gasteiger charge is 2.35. The number of rotatable bonds is 8. The number of hydrogen-bond donors (Lipinski definition) is 0. The van der Waals surface area contributed by atoms with E-state index >= 15 is 0 Å². The summed E-state index contributed by atoms with van der Waals surface area (Å²) in [4.78, 5) is 42.9. The molecule has 0 N–H and O–H groups in total. The van der Waals surface area contributed by atoms with E-state index in [1.807, 2.05) is 6.92 Å². The maximum atomic E-state index is 13.9. The van der Waals surface area contributed by atoms with Crippen LogP contribution in [-0.2, 0) is 9.53 Å². The smallest absolute Gasteiger partial charge is 0.338 e. The molecule has 4 aromatic rings. The number of fused-ring (bicyclic) bond motifs is 1. The van der Waals surface area contributed by atoms with Gasteiger partial charge in [0.1, 0.15) is 23.3 Å². The maximum absolute atomic E-state index is 13.9. The van der Waals surface area contributed by atoms with Gasteiger partial charge in [0.05, 0.1) is 34.4 Å². The van der Waals surface area contributed by atoms with Gasteiger partial charge >= 0.3 is 5.97 Å². The minimum atomic E-state index is -0.902. The van der Waals surface area contributed by atoms with Crippen molar-refractivity contribution >= 4 is 40.7 Å². The number of nitro groups is 1. The molecule has 0 unspecified atom stereocenters. The lowest BCUT2D eigenvalue weighted by molar-refractivity contribution is -0.385. The molecule has 1 aliphatic heterocycles. The van der Waals surface area contributed by atoms with Gasteiger partial charge in [0, 0.05) is 33.9 Å². The molecule has 0 aliphatic carbocycles. The predicted octanol–water partition coefficient (Wildman–Crippen LogP) is 5.33. The first-order valence-electron chi connectivity index (χ1n) is 13.0. The Morgan fingerprint density at radius 1 is 1.24 bits per heavy atom. The number of carbonyl (C=O) groups excluding carboxylic acids is 1. The molecule has 0 saturated carbocycles. The highest BCUT2D eigenvalue weighted by Crippen LogP contribution is 2.37. The second kappa shape index (κ2) is 11.8. The van der Waals surface area contributed by atoms with E-state index in [-0.39, 0.29) is 11.3 Å². The summed E-state index contributed by atoms with van der Waals surface area (Å²) in [5.74, 6) is 0.657. The van der Waals surface area contributed by atoms with Crippen LogP contribution >= 0.6 is 22.9 Å². The van der Waals surface area contributed by atoms with Crippen molar-refractivity contribution in [2.24, 2.45) is 4.99 Å². The highest BCUT2D eigenvalue weighted by molar-refractivity contribution is 7.07. The molecule has 10 nitrogen and oxygen atoms in total. The lowest BCUT2D eigenvalue weighted by Crippen LogP contribution is -2.40. The summed E-state index contributed by atoms with van der Waals surface area (Å²) in [5, 5.41) is 11.8. The normalized spacial score (nSPS) is 14.9. The number of ether oxygens (including phenoxy) is 2. The SMILES string of the molecule is CCCOc1ccc(Cl)cc1[C@H]1C(C(=O)OC)=C(C)N=c2s/c(=C/c3ccc(-c4cccc([N+](=O)[O-])c4C)o3)c(=O)n21. The number of esters is 1. The van der Waals surface area contributed by atoms with Gasteiger partial charge in [-0.1, -0.05) is 42.0 Å². The fraction of sp³-hybridized carbons (Fsp3) is 0.233. The van der Waals surface area contributed by atoms with Crippen LogP contribution in [0.4, 0.5) is 5.69 Å². The molecule has 3 heterocycles. The summed E-state index contributed by atoms with van der Waals surface area (Å²) in [6, 6.07) is 12.3. The van der Waals surface area contributed by atoms with Crippen molar-refractivity contribution in [3.05, 3.63) is 112 Å². The number of nitrogens with zero attached hydrogens (tertiary/aromatic N) is 3. The van der Waals surface area contributed by atoms with Crippen LogP contribution in [0.25, 0.3) is 17.4 Å². The third-order valence-electron chi connectivity index (χ3n) is 6.82. The Morgan fingerprint density at radius 3 is 2.74 bits per heavy atom. The summed E-state index contributed by atoms with van der Waals surface area (Å²) >= 11 is 7.53. The Bertz CT molecular complexity index is 1940. The number of furan rings is 1. The topological polar surface area (TPSA) is 126 Å². The van der Waals surface area contributed by atoms with Crippen molar-refractivity contribution in [3.63, 3.8) is 0 Å². The van der Waals surface area contributed by atoms with Crippen molar-refractivity contribution in [2.45, 2.75) is 33.2 Å². The predicted molar refractivity (Wildman–Crippen MR) is 159 cm³/mol. The van der Waals surface area contributed by atoms with E-state index in [4.69, 9.17) is 25.5 Å². The summed E-state index contributed by atoms with van der Waals surface area (Å²) in [7, 11) is 1.27. The minimum absolute atomic E-state index is 0.0150. The largest absolute Gasteiger partial charge is 0.493 e. The van der Waals surface area contributed by atoms with Gasteiger partial charge in [0.15, 0.2) is 4.80 Å². The average molecular weight is 608 g/mol. The molecule has 0 amide bonds. The monoisotopic (exact) mass is 607 g/mol. The highest BCUT2D eigenvalue weighted by atomic mass is 35.5. The number of carbonyl (C=O) groups is 1. The molecule has 12 heteroatoms. The third kappa shape index (κ3) is 5.28. The van der Waals surface area contributed by atoms with Gasteiger partial charge in [-0.15, -0.1) is 0 Å². The maximum Gasteiger partial charge on any atom is 0.338 e. The van der Waals surface area contributed by atoms with Crippen LogP contribution in [0.15, 0.2) is 74.0 Å². The second-order valence-corrected chi connectivity index (χ2v) is 11.0. The van der Waals surface area contributed by atoms with Crippen molar-refractivity contribution in [1.82, 2.24) is 4.57 Å². The van der Waals surface area contributed by atoms with Gasteiger partial charge in [-0.25, -0.2) is 9.79 Å². The molecule has 0 saturated heterocycles. The van der Waals surface area contributed by atoms with Crippen LogP contribution < -0.4 is 19.6 Å². The molecule has 0 fully saturated rings. The minimum Gasteiger partial charge on any atom is -0.493 e. The van der Waals surface area contributed by atoms with E-state index in [2.05, 4.69) is 4.99 Å². The molecule has 0 spiro atoms. The van der Waals surface area contributed by atoms with Crippen molar-refractivity contribution in [3.8, 4) is 17.1 Å². The number of methoxy groups -OCH3 is 1. The number of allylic oxidation sites excluding steroid dienone is 1. The Morgan fingerprint density at radius 2 is 2.02 bits per heavy atom. The molecule has 42 heavy (non-hydrogen) atoms. The Kier molecular flexibility index (Phi) is 8.15. The fourth-order valence-corrected chi connectivity index (χ4v) is 6.06. The van der Waals surface area contributed by atoms with E-state index < -0.39 is 22.5 Å². The number of aromatic nitrogens is 1. The molecule has 2 aromatic heterocycles. The van der Waals surface area contributed by atoms with Gasteiger partial charge < -0.3 is 13.9 Å². The zero-order chi connectivity index (χ0) is 30.1. The number of benzene rings is 2. The van der Waals surface area contributed by atoms with Crippen LogP contribution in [0.5, 0.6) is 5.75 Å². The van der Waals surface area contributed by atoms with E-state index in [9.17, 15) is 19.7 Å². The van der Waals surface area contributed by atoms with E-state index in [1.165, 1.54) is 17.7 Å². The molecule has 0 radical (unpaired) electrons. The zero-order valence-corrected chi connectivity index (χ0v) is 24.7. The molecule has 1 aliphatic rings. The van der Waals surface area contributed by atoms with Gasteiger partial charge in [-0.3, -0.25) is 19.5 Å². The molecule has 2 aromatic carbocycles. The first-order chi connectivity index (χ1) is 20.1. The van der Waals surface area contributed by atoms with E-state index in [0.29, 0.717) is 60.6 Å². The van der Waals surface area contributed by atoms with Gasteiger partial charge in [-0.05, 0) is 50.6 Å². The Balaban J connectivity index is 1.66. The van der Waals surface area contributed by atoms with Crippen LogP contribution in [0.1, 0.15) is 43.2 Å². The van der Waals surface area contributed by atoms with Crippen LogP contribution in [-0.4, -0.2) is 29.2 Å². The molecular weight excluding hydrogens is 582 g/mol. The van der Waals surface area contributed by atoms with Crippen molar-refractivity contribution in [1.29, 1.82) is 0 Å². The van der Waals surface area contributed by atoms with E-state index in [0.717, 1.165) is 17.8 Å². The summed E-state index contributed by atoms with van der Waals surface area (Å²) in [6.07, 6.45) is 2.34. The van der Waals surface area contributed by atoms with Crippen LogP contribution in [0.2, 0.25) is 5.02 Å². The first kappa shape index (κ1) is 29.0. The lowest BCUT2D eigenvalue weighted by Gasteiger charge is -2.26. The lowest BCUT2D eigenvalue weighted by atomic mass is 9.95. The Hall–Kier alpha value is -4.48. The zero-order valence-electron chi connectivity index (χ0n) is 23.2. The van der Waals surface area contributed by atoms with Crippen molar-refractivity contribution in [2.75, 3.05) is 13.7 Å². The van der Waals surface area contributed by atoms with Crippen LogP contribution in [0, 0.1) is 17.0 Å². The molecule has 216 valence electrons. The fourth-order valence-electron chi connectivity index (χ4n) is 4.86. The Labute approximate surface area is 248 Å². The van der Waals surface area contributed by atoms with E-state index in [1.54, 1.807) is 62.4 Å². The van der Waals surface area contributed by atoms with Gasteiger partial charge in [-0.2, -0.15) is 0 Å². The first-order valence-corrected chi connectivity index (χ1v) is 14.2. The molecule has 0 bridgehead atoms. The number of hydrogen-bond acceptors (Lipinski definition) is 9. The number of halogens is 1. The van der Waals surface area contributed by atoms with Crippen molar-refractivity contribution < 1.29 is 23.6 Å². The average Bonchev–Trinajstić information content (AvgIpc) is 3.55. The van der Waals surface area contributed by atoms with Gasteiger partial charge in [0.2, 0.25) is 0 Å². The number of nitro benzene ring substituents is 1. The molecular formula is C30H26ClN3O7S. The van der Waals surface area contributed by atoms with Crippen LogP contribution in [0.3, 0.4) is 0 Å². The standard InChI is InChI=1S/C30H26ClN3O7S/c1-5-13-40-23-11-9-18(31)14-21(23)27-26(29(36)39-4)17(3)32-30-33(27)28(35)25(42-30)15-19-10-12-24(41-19)20-7-6-8-22(16(20)2)34(37)38/h6-12,14-15,27H,5,13H2,1-4H3/b25-15+/t27-/m0/s1. The summed E-state index contributed by atoms with van der Waals surface area (Å²) < 4.78 is 18.8.